The van der Waals surface area contributed by atoms with Gasteiger partial charge in [0.2, 0.25) is 0 Å². The number of methoxy groups -OCH3 is 1. The van der Waals surface area contributed by atoms with Crippen LogP contribution in [0.3, 0.4) is 0 Å². The average molecular weight is 306 g/mol. The number of hydrogen-bond donors (Lipinski definition) is 0. The minimum Gasteiger partial charge on any atom is -0.495 e. The largest absolute Gasteiger partial charge is 0.495 e. The zero-order valence-electron chi connectivity index (χ0n) is 14.9. The standard InChI is InChI=1S/C20H35NO/c1-4-5-6-7-8-9-10-11-12-15-18-21(2)19-16-13-14-17-20(19)22-3/h13-14,16-17H,4-12,15,18H2,1-3H3. The lowest BCUT2D eigenvalue weighted by atomic mass is 10.1. The normalized spacial score (nSPS) is 10.7. The van der Waals surface area contributed by atoms with Crippen molar-refractivity contribution in [2.24, 2.45) is 0 Å². The first-order valence-electron chi connectivity index (χ1n) is 9.13. The summed E-state index contributed by atoms with van der Waals surface area (Å²) in [6.45, 7) is 3.39. The summed E-state index contributed by atoms with van der Waals surface area (Å²) in [5.41, 5.74) is 1.20. The van der Waals surface area contributed by atoms with Crippen LogP contribution in [0.1, 0.15) is 71.1 Å². The Morgan fingerprint density at radius 1 is 0.818 bits per heavy atom. The maximum atomic E-state index is 5.42. The van der Waals surface area contributed by atoms with E-state index in [0.29, 0.717) is 0 Å². The van der Waals surface area contributed by atoms with Crippen LogP contribution in [-0.4, -0.2) is 20.7 Å². The van der Waals surface area contributed by atoms with E-state index in [1.807, 2.05) is 12.1 Å². The summed E-state index contributed by atoms with van der Waals surface area (Å²) in [5, 5.41) is 0. The topological polar surface area (TPSA) is 12.5 Å². The van der Waals surface area contributed by atoms with Crippen molar-refractivity contribution in [1.29, 1.82) is 0 Å². The van der Waals surface area contributed by atoms with Crippen molar-refractivity contribution in [1.82, 2.24) is 0 Å². The summed E-state index contributed by atoms with van der Waals surface area (Å²) in [6.07, 6.45) is 13.9. The zero-order valence-corrected chi connectivity index (χ0v) is 14.9. The van der Waals surface area contributed by atoms with Gasteiger partial charge in [-0.3, -0.25) is 0 Å². The van der Waals surface area contributed by atoms with Crippen LogP contribution < -0.4 is 9.64 Å². The van der Waals surface area contributed by atoms with Crippen LogP contribution in [0, 0.1) is 0 Å². The van der Waals surface area contributed by atoms with E-state index in [1.54, 1.807) is 7.11 Å². The second kappa shape index (κ2) is 12.4. The van der Waals surface area contributed by atoms with E-state index in [-0.39, 0.29) is 0 Å². The molecule has 0 aliphatic rings. The van der Waals surface area contributed by atoms with E-state index in [4.69, 9.17) is 4.74 Å². The van der Waals surface area contributed by atoms with Gasteiger partial charge in [-0.2, -0.15) is 0 Å². The molecule has 1 aromatic carbocycles. The molecule has 126 valence electrons. The van der Waals surface area contributed by atoms with Crippen LogP contribution in [0.2, 0.25) is 0 Å². The van der Waals surface area contributed by atoms with Gasteiger partial charge in [0.25, 0.3) is 0 Å². The molecule has 0 atom stereocenters. The maximum absolute atomic E-state index is 5.42. The van der Waals surface area contributed by atoms with E-state index in [2.05, 4.69) is 31.0 Å². The number of para-hydroxylation sites is 2. The summed E-state index contributed by atoms with van der Waals surface area (Å²) in [7, 11) is 3.90. The van der Waals surface area contributed by atoms with Gasteiger partial charge in [-0.15, -0.1) is 0 Å². The summed E-state index contributed by atoms with van der Waals surface area (Å²) < 4.78 is 5.42. The Bertz CT molecular complexity index is 378. The highest BCUT2D eigenvalue weighted by atomic mass is 16.5. The van der Waals surface area contributed by atoms with Crippen LogP contribution in [0.4, 0.5) is 5.69 Å². The first-order chi connectivity index (χ1) is 10.8. The minimum absolute atomic E-state index is 0.970. The summed E-state index contributed by atoms with van der Waals surface area (Å²) in [4.78, 5) is 2.31. The number of unbranched alkanes of at least 4 members (excludes halogenated alkanes) is 9. The van der Waals surface area contributed by atoms with Gasteiger partial charge in [0.1, 0.15) is 5.75 Å². The molecule has 0 saturated heterocycles. The van der Waals surface area contributed by atoms with Gasteiger partial charge in [0.15, 0.2) is 0 Å². The predicted octanol–water partition coefficient (Wildman–Crippen LogP) is 6.05. The van der Waals surface area contributed by atoms with Gasteiger partial charge in [-0.1, -0.05) is 76.8 Å². The maximum Gasteiger partial charge on any atom is 0.142 e. The molecule has 2 heteroatoms. The number of benzene rings is 1. The van der Waals surface area contributed by atoms with Crippen molar-refractivity contribution in [3.05, 3.63) is 24.3 Å². The van der Waals surface area contributed by atoms with Crippen molar-refractivity contribution in [2.75, 3.05) is 25.6 Å². The van der Waals surface area contributed by atoms with Crippen LogP contribution in [-0.2, 0) is 0 Å². The van der Waals surface area contributed by atoms with Gasteiger partial charge in [0.05, 0.1) is 12.8 Å². The predicted molar refractivity (Wildman–Crippen MR) is 98.1 cm³/mol. The van der Waals surface area contributed by atoms with Gasteiger partial charge in [-0.25, -0.2) is 0 Å². The fourth-order valence-corrected chi connectivity index (χ4v) is 2.90. The Morgan fingerprint density at radius 3 is 1.95 bits per heavy atom. The Hall–Kier alpha value is -1.18. The smallest absolute Gasteiger partial charge is 0.142 e. The molecule has 0 N–H and O–H groups in total. The van der Waals surface area contributed by atoms with Crippen LogP contribution >= 0.6 is 0 Å². The number of anilines is 1. The van der Waals surface area contributed by atoms with Crippen LogP contribution in [0.15, 0.2) is 24.3 Å². The number of nitrogens with zero attached hydrogens (tertiary/aromatic N) is 1. The molecule has 2 nitrogen and oxygen atoms in total. The summed E-state index contributed by atoms with van der Waals surface area (Å²) >= 11 is 0. The summed E-state index contributed by atoms with van der Waals surface area (Å²) in [6, 6.07) is 8.27. The average Bonchev–Trinajstić information content (AvgIpc) is 2.56. The van der Waals surface area contributed by atoms with Crippen molar-refractivity contribution >= 4 is 5.69 Å². The van der Waals surface area contributed by atoms with E-state index in [9.17, 15) is 0 Å². The first kappa shape index (κ1) is 18.9. The van der Waals surface area contributed by atoms with E-state index >= 15 is 0 Å². The lowest BCUT2D eigenvalue weighted by Crippen LogP contribution is -2.19. The van der Waals surface area contributed by atoms with Crippen molar-refractivity contribution < 1.29 is 4.74 Å². The molecule has 0 aromatic heterocycles. The Balaban J connectivity index is 2.04. The van der Waals surface area contributed by atoms with Crippen LogP contribution in [0.25, 0.3) is 0 Å². The highest BCUT2D eigenvalue weighted by Gasteiger charge is 2.06. The lowest BCUT2D eigenvalue weighted by molar-refractivity contribution is 0.414. The molecule has 0 fully saturated rings. The van der Waals surface area contributed by atoms with Gasteiger partial charge < -0.3 is 9.64 Å². The molecule has 0 aliphatic carbocycles. The number of hydrogen-bond acceptors (Lipinski definition) is 2. The van der Waals surface area contributed by atoms with Crippen molar-refractivity contribution in [2.45, 2.75) is 71.1 Å². The minimum atomic E-state index is 0.970. The molecule has 0 radical (unpaired) electrons. The molecule has 22 heavy (non-hydrogen) atoms. The molecule has 0 amide bonds. The van der Waals surface area contributed by atoms with Gasteiger partial charge >= 0.3 is 0 Å². The van der Waals surface area contributed by atoms with Crippen molar-refractivity contribution in [3.8, 4) is 5.75 Å². The molecule has 1 aromatic rings. The van der Waals surface area contributed by atoms with Gasteiger partial charge in [0, 0.05) is 13.6 Å². The molecule has 0 heterocycles. The second-order valence-electron chi connectivity index (χ2n) is 6.28. The zero-order chi connectivity index (χ0) is 16.0. The Labute approximate surface area is 137 Å². The third-order valence-electron chi connectivity index (χ3n) is 4.34. The highest BCUT2D eigenvalue weighted by Crippen LogP contribution is 2.26. The molecular formula is C20H35NO. The third-order valence-corrected chi connectivity index (χ3v) is 4.34. The molecule has 0 aliphatic heterocycles. The first-order valence-corrected chi connectivity index (χ1v) is 9.13. The summed E-state index contributed by atoms with van der Waals surface area (Å²) in [5.74, 6) is 0.970. The molecule has 0 saturated carbocycles. The fraction of sp³-hybridized carbons (Fsp3) is 0.700. The molecule has 1 rings (SSSR count). The quantitative estimate of drug-likeness (QED) is 0.411. The lowest BCUT2D eigenvalue weighted by Gasteiger charge is -2.21. The molecular weight excluding hydrogens is 270 g/mol. The third kappa shape index (κ3) is 7.72. The second-order valence-corrected chi connectivity index (χ2v) is 6.28. The SMILES string of the molecule is CCCCCCCCCCCCN(C)c1ccccc1OC. The Morgan fingerprint density at radius 2 is 1.36 bits per heavy atom. The molecule has 0 spiro atoms. The van der Waals surface area contributed by atoms with E-state index < -0.39 is 0 Å². The van der Waals surface area contributed by atoms with E-state index in [0.717, 1.165) is 12.3 Å². The monoisotopic (exact) mass is 305 g/mol. The van der Waals surface area contributed by atoms with Crippen molar-refractivity contribution in [3.63, 3.8) is 0 Å². The molecule has 0 bridgehead atoms. The van der Waals surface area contributed by atoms with E-state index in [1.165, 1.54) is 69.9 Å². The number of ether oxygens (including phenoxy) is 1. The fourth-order valence-electron chi connectivity index (χ4n) is 2.90. The number of rotatable bonds is 13. The van der Waals surface area contributed by atoms with Gasteiger partial charge in [-0.05, 0) is 18.6 Å². The highest BCUT2D eigenvalue weighted by molar-refractivity contribution is 5.57. The molecule has 0 unspecified atom stereocenters. The van der Waals surface area contributed by atoms with Crippen LogP contribution in [0.5, 0.6) is 5.75 Å². The Kier molecular flexibility index (Phi) is 10.6.